The Balaban J connectivity index is 2.07. The number of aliphatic hydroxyl groups excluding tert-OH is 1. The summed E-state index contributed by atoms with van der Waals surface area (Å²) in [7, 11) is 0. The van der Waals surface area contributed by atoms with Crippen LogP contribution in [-0.4, -0.2) is 45.7 Å². The predicted octanol–water partition coefficient (Wildman–Crippen LogP) is 0.746. The van der Waals surface area contributed by atoms with Gasteiger partial charge in [0.25, 0.3) is 0 Å². The summed E-state index contributed by atoms with van der Waals surface area (Å²) in [6.07, 6.45) is 2.28. The van der Waals surface area contributed by atoms with E-state index in [1.165, 1.54) is 11.0 Å². The first kappa shape index (κ1) is 13.3. The highest BCUT2D eigenvalue weighted by molar-refractivity contribution is 5.94. The molecule has 1 aliphatic rings. The zero-order valence-electron chi connectivity index (χ0n) is 10.3. The molecule has 2 N–H and O–H groups in total. The lowest BCUT2D eigenvalue weighted by Gasteiger charge is -2.19. The molecule has 5 nitrogen and oxygen atoms in total. The molecule has 1 aromatic rings. The molecule has 2 rings (SSSR count). The molecule has 0 aliphatic carbocycles. The lowest BCUT2D eigenvalue weighted by molar-refractivity contribution is -0.146. The first-order chi connectivity index (χ1) is 9.08. The van der Waals surface area contributed by atoms with Crippen molar-refractivity contribution in [2.75, 3.05) is 6.54 Å². The Morgan fingerprint density at radius 2 is 1.95 bits per heavy atom. The van der Waals surface area contributed by atoms with Crippen LogP contribution in [0.2, 0.25) is 0 Å². The third kappa shape index (κ3) is 3.20. The van der Waals surface area contributed by atoms with Crippen LogP contribution >= 0.6 is 0 Å². The minimum Gasteiger partial charge on any atom is -0.480 e. The molecule has 0 spiro atoms. The highest BCUT2D eigenvalue weighted by atomic mass is 16.4. The van der Waals surface area contributed by atoms with Crippen LogP contribution in [0.25, 0.3) is 6.08 Å². The van der Waals surface area contributed by atoms with Crippen molar-refractivity contribution < 1.29 is 19.8 Å². The fraction of sp³-hybridized carbons (Fsp3) is 0.286. The molecule has 1 aliphatic heterocycles. The molecular weight excluding hydrogens is 246 g/mol. The van der Waals surface area contributed by atoms with E-state index in [0.717, 1.165) is 5.56 Å². The van der Waals surface area contributed by atoms with Gasteiger partial charge in [-0.1, -0.05) is 30.3 Å². The molecule has 0 radical (unpaired) electrons. The van der Waals surface area contributed by atoms with Gasteiger partial charge in [0.05, 0.1) is 6.10 Å². The number of hydrogen-bond donors (Lipinski definition) is 2. The Bertz CT molecular complexity index is 497. The normalized spacial score (nSPS) is 22.9. The molecule has 0 saturated carbocycles. The number of amides is 1. The van der Waals surface area contributed by atoms with Crippen LogP contribution in [0, 0.1) is 0 Å². The maximum absolute atomic E-state index is 11.9. The minimum atomic E-state index is -1.09. The molecule has 5 heteroatoms. The standard InChI is InChI=1S/C14H15NO4/c16-11-8-12(14(18)19)15(9-11)13(17)7-6-10-4-2-1-3-5-10/h1-7,11-12,16H,8-9H2,(H,18,19)/b7-6+. The van der Waals surface area contributed by atoms with Gasteiger partial charge in [0.2, 0.25) is 5.91 Å². The number of carboxylic acid groups (broad SMARTS) is 1. The van der Waals surface area contributed by atoms with E-state index in [1.54, 1.807) is 6.08 Å². The summed E-state index contributed by atoms with van der Waals surface area (Å²) in [4.78, 5) is 24.1. The quantitative estimate of drug-likeness (QED) is 0.787. The third-order valence-corrected chi connectivity index (χ3v) is 3.07. The van der Waals surface area contributed by atoms with Gasteiger partial charge in [0.1, 0.15) is 6.04 Å². The number of aliphatic carboxylic acids is 1. The van der Waals surface area contributed by atoms with Crippen LogP contribution in [0.3, 0.4) is 0 Å². The van der Waals surface area contributed by atoms with E-state index < -0.39 is 24.0 Å². The molecule has 2 atom stereocenters. The van der Waals surface area contributed by atoms with Gasteiger partial charge < -0.3 is 15.1 Å². The number of rotatable bonds is 3. The second kappa shape index (κ2) is 5.67. The van der Waals surface area contributed by atoms with Gasteiger partial charge in [-0.3, -0.25) is 4.79 Å². The summed E-state index contributed by atoms with van der Waals surface area (Å²) < 4.78 is 0. The summed E-state index contributed by atoms with van der Waals surface area (Å²) in [6.45, 7) is 0.0644. The fourth-order valence-corrected chi connectivity index (χ4v) is 2.12. The molecule has 19 heavy (non-hydrogen) atoms. The Hall–Kier alpha value is -2.14. The van der Waals surface area contributed by atoms with Crippen molar-refractivity contribution >= 4 is 18.0 Å². The molecular formula is C14H15NO4. The highest BCUT2D eigenvalue weighted by Gasteiger charge is 2.37. The van der Waals surface area contributed by atoms with E-state index in [4.69, 9.17) is 5.11 Å². The van der Waals surface area contributed by atoms with Crippen LogP contribution in [0.4, 0.5) is 0 Å². The number of β-amino-alcohol motifs (C(OH)–C–C–N with tert-alkyl or cyclic N) is 1. The van der Waals surface area contributed by atoms with Gasteiger partial charge in [-0.2, -0.15) is 0 Å². The number of nitrogens with zero attached hydrogens (tertiary/aromatic N) is 1. The number of benzene rings is 1. The van der Waals surface area contributed by atoms with Crippen LogP contribution < -0.4 is 0 Å². The van der Waals surface area contributed by atoms with Gasteiger partial charge in [-0.25, -0.2) is 4.79 Å². The molecule has 0 aromatic heterocycles. The van der Waals surface area contributed by atoms with Crippen LogP contribution in [0.15, 0.2) is 36.4 Å². The number of aliphatic hydroxyl groups is 1. The fourth-order valence-electron chi connectivity index (χ4n) is 2.12. The van der Waals surface area contributed by atoms with Gasteiger partial charge in [-0.15, -0.1) is 0 Å². The predicted molar refractivity (Wildman–Crippen MR) is 69.2 cm³/mol. The van der Waals surface area contributed by atoms with Crippen molar-refractivity contribution in [2.24, 2.45) is 0 Å². The number of carbonyl (C=O) groups is 2. The zero-order valence-corrected chi connectivity index (χ0v) is 10.3. The Labute approximate surface area is 110 Å². The van der Waals surface area contributed by atoms with E-state index in [2.05, 4.69) is 0 Å². The lowest BCUT2D eigenvalue weighted by Crippen LogP contribution is -2.39. The Morgan fingerprint density at radius 3 is 2.58 bits per heavy atom. The minimum absolute atomic E-state index is 0.0644. The van der Waals surface area contributed by atoms with Gasteiger partial charge >= 0.3 is 5.97 Å². The Morgan fingerprint density at radius 1 is 1.26 bits per heavy atom. The topological polar surface area (TPSA) is 77.8 Å². The molecule has 1 aromatic carbocycles. The lowest BCUT2D eigenvalue weighted by atomic mass is 10.2. The molecule has 1 heterocycles. The van der Waals surface area contributed by atoms with Gasteiger partial charge in [0, 0.05) is 19.0 Å². The molecule has 1 amide bonds. The van der Waals surface area contributed by atoms with Crippen molar-refractivity contribution in [3.05, 3.63) is 42.0 Å². The van der Waals surface area contributed by atoms with E-state index in [9.17, 15) is 14.7 Å². The SMILES string of the molecule is O=C(O)C1CC(O)CN1C(=O)/C=C/c1ccccc1. The molecule has 2 unspecified atom stereocenters. The molecule has 1 fully saturated rings. The van der Waals surface area contributed by atoms with Gasteiger partial charge in [0.15, 0.2) is 0 Å². The Kier molecular flexibility index (Phi) is 3.97. The van der Waals surface area contributed by atoms with E-state index in [1.807, 2.05) is 30.3 Å². The van der Waals surface area contributed by atoms with Crippen molar-refractivity contribution in [1.82, 2.24) is 4.90 Å². The number of carbonyl (C=O) groups excluding carboxylic acids is 1. The van der Waals surface area contributed by atoms with Crippen LogP contribution in [0.5, 0.6) is 0 Å². The van der Waals surface area contributed by atoms with Gasteiger partial charge in [-0.05, 0) is 11.6 Å². The summed E-state index contributed by atoms with van der Waals surface area (Å²) >= 11 is 0. The van der Waals surface area contributed by atoms with E-state index >= 15 is 0 Å². The molecule has 100 valence electrons. The zero-order chi connectivity index (χ0) is 13.8. The number of carboxylic acids is 1. The monoisotopic (exact) mass is 261 g/mol. The number of hydrogen-bond acceptors (Lipinski definition) is 3. The maximum Gasteiger partial charge on any atom is 0.326 e. The summed E-state index contributed by atoms with van der Waals surface area (Å²) in [6, 6.07) is 8.32. The van der Waals surface area contributed by atoms with Crippen molar-refractivity contribution in [2.45, 2.75) is 18.6 Å². The second-order valence-corrected chi connectivity index (χ2v) is 4.48. The number of likely N-dealkylation sites (tertiary alicyclic amines) is 1. The molecule has 1 saturated heterocycles. The van der Waals surface area contributed by atoms with Crippen molar-refractivity contribution in [1.29, 1.82) is 0 Å². The smallest absolute Gasteiger partial charge is 0.326 e. The van der Waals surface area contributed by atoms with Crippen molar-refractivity contribution in [3.63, 3.8) is 0 Å². The summed E-state index contributed by atoms with van der Waals surface area (Å²) in [5.41, 5.74) is 0.863. The van der Waals surface area contributed by atoms with Crippen LogP contribution in [0.1, 0.15) is 12.0 Å². The first-order valence-electron chi connectivity index (χ1n) is 6.02. The second-order valence-electron chi connectivity index (χ2n) is 4.48. The average Bonchev–Trinajstić information content (AvgIpc) is 2.79. The van der Waals surface area contributed by atoms with E-state index in [0.29, 0.717) is 0 Å². The first-order valence-corrected chi connectivity index (χ1v) is 6.02. The summed E-state index contributed by atoms with van der Waals surface area (Å²) in [5, 5.41) is 18.5. The summed E-state index contributed by atoms with van der Waals surface area (Å²) in [5.74, 6) is -1.48. The third-order valence-electron chi connectivity index (χ3n) is 3.07. The molecule has 0 bridgehead atoms. The highest BCUT2D eigenvalue weighted by Crippen LogP contribution is 2.18. The largest absolute Gasteiger partial charge is 0.480 e. The van der Waals surface area contributed by atoms with E-state index in [-0.39, 0.29) is 13.0 Å². The van der Waals surface area contributed by atoms with Crippen LogP contribution in [-0.2, 0) is 9.59 Å². The average molecular weight is 261 g/mol. The van der Waals surface area contributed by atoms with Crippen molar-refractivity contribution in [3.8, 4) is 0 Å². The maximum atomic E-state index is 11.9.